The number of halogens is 3. The Hall–Kier alpha value is -4.01. The Balaban J connectivity index is 1.57. The Morgan fingerprint density at radius 3 is 2.23 bits per heavy atom. The van der Waals surface area contributed by atoms with Crippen LogP contribution in [0.1, 0.15) is 45.6 Å². The minimum absolute atomic E-state index is 0.0917. The van der Waals surface area contributed by atoms with E-state index in [4.69, 9.17) is 9.15 Å². The molecule has 0 radical (unpaired) electrons. The highest BCUT2D eigenvalue weighted by Gasteiger charge is 2.41. The number of amides is 1. The third-order valence-electron chi connectivity index (χ3n) is 6.88. The summed E-state index contributed by atoms with van der Waals surface area (Å²) < 4.78 is 51.6. The Bertz CT molecular complexity index is 1560. The molecule has 2 aromatic heterocycles. The average molecular weight is 539 g/mol. The van der Waals surface area contributed by atoms with Gasteiger partial charge in [-0.15, -0.1) is 0 Å². The van der Waals surface area contributed by atoms with E-state index in [1.807, 2.05) is 51.1 Å². The van der Waals surface area contributed by atoms with Crippen LogP contribution in [0.25, 0.3) is 33.4 Å². The molecule has 0 unspecified atom stereocenters. The number of aromatic nitrogens is 1. The zero-order valence-corrected chi connectivity index (χ0v) is 21.9. The number of benzene rings is 2. The number of nitrogens with one attached hydrogen (secondary N) is 1. The average Bonchev–Trinajstić information content (AvgIpc) is 3.22. The Morgan fingerprint density at radius 2 is 1.67 bits per heavy atom. The molecule has 0 saturated heterocycles. The monoisotopic (exact) mass is 538 g/mol. The van der Waals surface area contributed by atoms with E-state index in [2.05, 4.69) is 5.32 Å². The molecule has 39 heavy (non-hydrogen) atoms. The summed E-state index contributed by atoms with van der Waals surface area (Å²) in [6.45, 7) is 4.04. The lowest BCUT2D eigenvalue weighted by Gasteiger charge is -2.43. The second-order valence-electron chi connectivity index (χ2n) is 10.9. The van der Waals surface area contributed by atoms with E-state index in [0.717, 1.165) is 31.0 Å². The normalized spacial score (nSPS) is 15.1. The van der Waals surface area contributed by atoms with Gasteiger partial charge in [0, 0.05) is 17.3 Å². The van der Waals surface area contributed by atoms with Gasteiger partial charge in [0.2, 0.25) is 0 Å². The third kappa shape index (κ3) is 5.44. The van der Waals surface area contributed by atoms with E-state index in [-0.39, 0.29) is 11.0 Å². The van der Waals surface area contributed by atoms with Gasteiger partial charge < -0.3 is 19.0 Å². The van der Waals surface area contributed by atoms with Gasteiger partial charge in [0.1, 0.15) is 23.5 Å². The maximum absolute atomic E-state index is 13.2. The highest BCUT2D eigenvalue weighted by Crippen LogP contribution is 2.44. The predicted molar refractivity (Wildman–Crippen MR) is 142 cm³/mol. The van der Waals surface area contributed by atoms with Gasteiger partial charge in [-0.05, 0) is 57.2 Å². The number of rotatable bonds is 5. The molecule has 2 heterocycles. The van der Waals surface area contributed by atoms with Crippen LogP contribution in [0.3, 0.4) is 0 Å². The number of fused-ring (bicyclic) bond motifs is 1. The van der Waals surface area contributed by atoms with Gasteiger partial charge in [-0.1, -0.05) is 54.6 Å². The molecule has 0 bridgehead atoms. The zero-order valence-electron chi connectivity index (χ0n) is 21.9. The lowest BCUT2D eigenvalue weighted by atomic mass is 9.71. The molecule has 2 aromatic carbocycles. The maximum atomic E-state index is 13.2. The molecule has 1 aliphatic rings. The van der Waals surface area contributed by atoms with Crippen molar-refractivity contribution >= 4 is 17.1 Å². The van der Waals surface area contributed by atoms with Crippen LogP contribution in [0.2, 0.25) is 0 Å². The molecular weight excluding hydrogens is 509 g/mol. The number of carbonyl (C=O) groups is 1. The van der Waals surface area contributed by atoms with E-state index in [1.165, 1.54) is 6.07 Å². The molecule has 5 rings (SSSR count). The van der Waals surface area contributed by atoms with Crippen LogP contribution in [0.15, 0.2) is 76.1 Å². The van der Waals surface area contributed by atoms with Gasteiger partial charge >= 0.3 is 12.3 Å². The number of alkyl carbamates (subject to hydrolysis) is 1. The molecule has 1 saturated carbocycles. The van der Waals surface area contributed by atoms with Crippen LogP contribution in [0.4, 0.5) is 18.0 Å². The molecule has 0 aliphatic heterocycles. The largest absolute Gasteiger partial charge is 0.455 e. The van der Waals surface area contributed by atoms with Crippen LogP contribution >= 0.6 is 0 Å². The minimum atomic E-state index is -4.54. The summed E-state index contributed by atoms with van der Waals surface area (Å²) in [6, 6.07) is 17.8. The molecular formula is C30H29F3N2O4. The zero-order chi connectivity index (χ0) is 28.0. The number of carbonyl (C=O) groups excluding carboxylic acids is 1. The van der Waals surface area contributed by atoms with Gasteiger partial charge in [-0.3, -0.25) is 4.79 Å². The van der Waals surface area contributed by atoms with Crippen LogP contribution in [0.5, 0.6) is 0 Å². The molecule has 1 N–H and O–H groups in total. The first-order chi connectivity index (χ1) is 18.4. The standard InChI is InChI=1S/C30H29F3N2O4/c1-28(2,3)39-27(37)34-29(15-7-16-29)21-12-10-20(11-13-21)25-23(19-8-5-4-6-9-19)24-22(38-25)14-17-35(26(24)36)18-30(31,32)33/h4-6,8-14,17H,7,15-16,18H2,1-3H3,(H,34,37). The summed E-state index contributed by atoms with van der Waals surface area (Å²) in [5.74, 6) is 0.382. The number of nitrogens with zero attached hydrogens (tertiary/aromatic N) is 1. The predicted octanol–water partition coefficient (Wildman–Crippen LogP) is 7.39. The van der Waals surface area contributed by atoms with Gasteiger partial charge in [-0.25, -0.2) is 4.79 Å². The molecule has 204 valence electrons. The summed E-state index contributed by atoms with van der Waals surface area (Å²) in [6.07, 6.45) is -1.42. The van der Waals surface area contributed by atoms with Crippen molar-refractivity contribution in [1.29, 1.82) is 0 Å². The van der Waals surface area contributed by atoms with Crippen molar-refractivity contribution in [2.24, 2.45) is 0 Å². The number of hydrogen-bond acceptors (Lipinski definition) is 4. The lowest BCUT2D eigenvalue weighted by Crippen LogP contribution is -2.52. The van der Waals surface area contributed by atoms with Crippen LogP contribution in [0, 0.1) is 0 Å². The molecule has 0 spiro atoms. The molecule has 9 heteroatoms. The summed E-state index contributed by atoms with van der Waals surface area (Å²) >= 11 is 0. The number of ether oxygens (including phenoxy) is 1. The number of alkyl halides is 3. The Kier molecular flexibility index (Phi) is 6.56. The topological polar surface area (TPSA) is 73.5 Å². The minimum Gasteiger partial charge on any atom is -0.455 e. The molecule has 1 aliphatic carbocycles. The third-order valence-corrected chi connectivity index (χ3v) is 6.88. The quantitative estimate of drug-likeness (QED) is 0.287. The van der Waals surface area contributed by atoms with Crippen molar-refractivity contribution in [2.45, 2.75) is 63.9 Å². The van der Waals surface area contributed by atoms with Gasteiger partial charge in [0.15, 0.2) is 0 Å². The van der Waals surface area contributed by atoms with Gasteiger partial charge in [0.05, 0.1) is 10.9 Å². The maximum Gasteiger partial charge on any atom is 0.408 e. The van der Waals surface area contributed by atoms with Crippen molar-refractivity contribution in [1.82, 2.24) is 9.88 Å². The number of furan rings is 1. The van der Waals surface area contributed by atoms with Crippen molar-refractivity contribution in [3.8, 4) is 22.5 Å². The van der Waals surface area contributed by atoms with Gasteiger partial charge in [0.25, 0.3) is 5.56 Å². The van der Waals surface area contributed by atoms with E-state index in [0.29, 0.717) is 27.0 Å². The summed E-state index contributed by atoms with van der Waals surface area (Å²) in [7, 11) is 0. The first-order valence-electron chi connectivity index (χ1n) is 12.8. The Labute approximate surface area is 223 Å². The summed E-state index contributed by atoms with van der Waals surface area (Å²) in [5.41, 5.74) is 0.929. The smallest absolute Gasteiger partial charge is 0.408 e. The fraction of sp³-hybridized carbons (Fsp3) is 0.333. The van der Waals surface area contributed by atoms with E-state index >= 15 is 0 Å². The highest BCUT2D eigenvalue weighted by atomic mass is 19.4. The van der Waals surface area contributed by atoms with E-state index in [9.17, 15) is 22.8 Å². The summed E-state index contributed by atoms with van der Waals surface area (Å²) in [4.78, 5) is 25.8. The van der Waals surface area contributed by atoms with E-state index in [1.54, 1.807) is 24.3 Å². The van der Waals surface area contributed by atoms with Crippen molar-refractivity contribution in [2.75, 3.05) is 0 Å². The van der Waals surface area contributed by atoms with Crippen LogP contribution < -0.4 is 10.9 Å². The highest BCUT2D eigenvalue weighted by molar-refractivity contribution is 6.01. The Morgan fingerprint density at radius 1 is 1.00 bits per heavy atom. The van der Waals surface area contributed by atoms with Crippen LogP contribution in [-0.2, 0) is 16.8 Å². The first kappa shape index (κ1) is 26.6. The molecule has 0 atom stereocenters. The fourth-order valence-corrected chi connectivity index (χ4v) is 5.00. The molecule has 1 fully saturated rings. The van der Waals surface area contributed by atoms with Gasteiger partial charge in [-0.2, -0.15) is 13.2 Å². The second kappa shape index (κ2) is 9.63. The lowest BCUT2D eigenvalue weighted by molar-refractivity contribution is -0.141. The molecule has 4 aromatic rings. The number of hydrogen-bond donors (Lipinski definition) is 1. The molecule has 6 nitrogen and oxygen atoms in total. The van der Waals surface area contributed by atoms with Crippen LogP contribution in [-0.4, -0.2) is 22.4 Å². The van der Waals surface area contributed by atoms with Crippen molar-refractivity contribution in [3.05, 3.63) is 82.8 Å². The molecule has 1 amide bonds. The first-order valence-corrected chi connectivity index (χ1v) is 12.8. The summed E-state index contributed by atoms with van der Waals surface area (Å²) in [5, 5.41) is 3.12. The van der Waals surface area contributed by atoms with Crippen molar-refractivity contribution in [3.63, 3.8) is 0 Å². The second-order valence-corrected chi connectivity index (χ2v) is 10.9. The number of pyridine rings is 1. The SMILES string of the molecule is CC(C)(C)OC(=O)NC1(c2ccc(-c3oc4ccn(CC(F)(F)F)c(=O)c4c3-c3ccccc3)cc2)CCC1. The van der Waals surface area contributed by atoms with Crippen molar-refractivity contribution < 1.29 is 27.1 Å². The fourth-order valence-electron chi connectivity index (χ4n) is 5.00. The van der Waals surface area contributed by atoms with E-state index < -0.39 is 35.5 Å².